The molecule has 0 atom stereocenters. The molecule has 1 amide bonds. The third-order valence-electron chi connectivity index (χ3n) is 4.24. The molecule has 118 valence electrons. The summed E-state index contributed by atoms with van der Waals surface area (Å²) in [4.78, 5) is 24.5. The van der Waals surface area contributed by atoms with Crippen LogP contribution in [-0.2, 0) is 12.8 Å². The minimum atomic E-state index is -0.516. The quantitative estimate of drug-likeness (QED) is 0.784. The first kappa shape index (κ1) is 14.5. The predicted octanol–water partition coefficient (Wildman–Crippen LogP) is 3.66. The fourth-order valence-corrected chi connectivity index (χ4v) is 3.04. The van der Waals surface area contributed by atoms with Crippen molar-refractivity contribution in [3.8, 4) is 11.1 Å². The van der Waals surface area contributed by atoms with Gasteiger partial charge in [0, 0.05) is 17.5 Å². The summed E-state index contributed by atoms with van der Waals surface area (Å²) in [7, 11) is 0. The normalized spacial score (nSPS) is 12.2. The summed E-state index contributed by atoms with van der Waals surface area (Å²) in [6.45, 7) is 0. The molecule has 4 rings (SSSR count). The first-order valence-electron chi connectivity index (χ1n) is 7.84. The molecular weight excluding hydrogens is 302 g/mol. The van der Waals surface area contributed by atoms with Crippen LogP contribution in [-0.4, -0.2) is 5.91 Å². The van der Waals surface area contributed by atoms with Crippen LogP contribution in [0.2, 0.25) is 0 Å². The SMILES string of the molecule is O=C(Nc1cc2c(oc1=O)CCc1ccccc1-2)c1ccccc1. The van der Waals surface area contributed by atoms with E-state index in [1.807, 2.05) is 24.3 Å². The Bertz CT molecular complexity index is 974. The van der Waals surface area contributed by atoms with E-state index < -0.39 is 5.63 Å². The van der Waals surface area contributed by atoms with Crippen LogP contribution in [0.4, 0.5) is 5.69 Å². The van der Waals surface area contributed by atoms with Crippen LogP contribution in [0.5, 0.6) is 0 Å². The van der Waals surface area contributed by atoms with Crippen LogP contribution >= 0.6 is 0 Å². The number of hydrogen-bond acceptors (Lipinski definition) is 3. The van der Waals surface area contributed by atoms with Crippen molar-refractivity contribution in [1.82, 2.24) is 0 Å². The number of fused-ring (bicyclic) bond motifs is 3. The lowest BCUT2D eigenvalue weighted by Gasteiger charge is -2.18. The maximum absolute atomic E-state index is 12.3. The highest BCUT2D eigenvalue weighted by molar-refractivity contribution is 6.04. The zero-order valence-corrected chi connectivity index (χ0v) is 12.9. The summed E-state index contributed by atoms with van der Waals surface area (Å²) in [6, 6.07) is 18.6. The molecule has 0 saturated carbocycles. The van der Waals surface area contributed by atoms with Gasteiger partial charge in [0.2, 0.25) is 0 Å². The van der Waals surface area contributed by atoms with Crippen molar-refractivity contribution in [2.45, 2.75) is 12.8 Å². The molecule has 0 unspecified atom stereocenters. The zero-order chi connectivity index (χ0) is 16.5. The van der Waals surface area contributed by atoms with Gasteiger partial charge in [0.25, 0.3) is 5.91 Å². The number of carbonyl (C=O) groups is 1. The number of carbonyl (C=O) groups excluding carboxylic acids is 1. The fourth-order valence-electron chi connectivity index (χ4n) is 3.04. The molecule has 24 heavy (non-hydrogen) atoms. The standard InChI is InChI=1S/C20H15NO3/c22-19(14-7-2-1-3-8-14)21-17-12-16-15-9-5-4-6-13(15)10-11-18(16)24-20(17)23/h1-9,12H,10-11H2,(H,21,22). The van der Waals surface area contributed by atoms with Crippen molar-refractivity contribution in [2.24, 2.45) is 0 Å². The molecule has 0 saturated heterocycles. The number of aryl methyl sites for hydroxylation is 2. The summed E-state index contributed by atoms with van der Waals surface area (Å²) < 4.78 is 5.45. The smallest absolute Gasteiger partial charge is 0.359 e. The fraction of sp³-hybridized carbons (Fsp3) is 0.100. The second-order valence-electron chi connectivity index (χ2n) is 5.76. The van der Waals surface area contributed by atoms with E-state index in [1.54, 1.807) is 30.3 Å². The molecule has 4 nitrogen and oxygen atoms in total. The maximum atomic E-state index is 12.3. The summed E-state index contributed by atoms with van der Waals surface area (Å²) in [5, 5.41) is 2.66. The van der Waals surface area contributed by atoms with Crippen molar-refractivity contribution >= 4 is 11.6 Å². The van der Waals surface area contributed by atoms with Gasteiger partial charge in [0.1, 0.15) is 11.4 Å². The minimum absolute atomic E-state index is 0.166. The molecule has 4 heteroatoms. The molecule has 1 aliphatic carbocycles. The van der Waals surface area contributed by atoms with Gasteiger partial charge in [0.05, 0.1) is 0 Å². The highest BCUT2D eigenvalue weighted by Gasteiger charge is 2.20. The van der Waals surface area contributed by atoms with Gasteiger partial charge in [-0.15, -0.1) is 0 Å². The monoisotopic (exact) mass is 317 g/mol. The van der Waals surface area contributed by atoms with Gasteiger partial charge < -0.3 is 9.73 Å². The number of rotatable bonds is 2. The number of benzene rings is 2. The lowest BCUT2D eigenvalue weighted by molar-refractivity contribution is 0.102. The third kappa shape index (κ3) is 2.52. The minimum Gasteiger partial charge on any atom is -0.426 e. The van der Waals surface area contributed by atoms with Crippen LogP contribution in [0, 0.1) is 0 Å². The van der Waals surface area contributed by atoms with E-state index in [2.05, 4.69) is 11.4 Å². The predicted molar refractivity (Wildman–Crippen MR) is 92.2 cm³/mol. The molecule has 0 radical (unpaired) electrons. The van der Waals surface area contributed by atoms with Crippen LogP contribution in [0.1, 0.15) is 21.7 Å². The number of nitrogens with one attached hydrogen (secondary N) is 1. The highest BCUT2D eigenvalue weighted by Crippen LogP contribution is 2.33. The molecule has 1 aromatic heterocycles. The molecule has 0 aliphatic heterocycles. The summed E-state index contributed by atoms with van der Waals surface area (Å²) in [5.74, 6) is 0.350. The lowest BCUT2D eigenvalue weighted by atomic mass is 9.89. The molecule has 1 N–H and O–H groups in total. The number of hydrogen-bond donors (Lipinski definition) is 1. The lowest BCUT2D eigenvalue weighted by Crippen LogP contribution is -2.19. The zero-order valence-electron chi connectivity index (χ0n) is 12.9. The van der Waals surface area contributed by atoms with Gasteiger partial charge in [0.15, 0.2) is 0 Å². The van der Waals surface area contributed by atoms with Gasteiger partial charge >= 0.3 is 5.63 Å². The highest BCUT2D eigenvalue weighted by atomic mass is 16.4. The maximum Gasteiger partial charge on any atom is 0.359 e. The Balaban J connectivity index is 1.74. The topological polar surface area (TPSA) is 59.3 Å². The van der Waals surface area contributed by atoms with E-state index >= 15 is 0 Å². The average Bonchev–Trinajstić information content (AvgIpc) is 2.63. The number of amides is 1. The largest absolute Gasteiger partial charge is 0.426 e. The van der Waals surface area contributed by atoms with Crippen LogP contribution in [0.15, 0.2) is 69.9 Å². The van der Waals surface area contributed by atoms with E-state index in [0.29, 0.717) is 17.7 Å². The Morgan fingerprint density at radius 3 is 2.50 bits per heavy atom. The van der Waals surface area contributed by atoms with Crippen molar-refractivity contribution in [3.63, 3.8) is 0 Å². The molecule has 0 fully saturated rings. The van der Waals surface area contributed by atoms with E-state index in [-0.39, 0.29) is 11.6 Å². The number of anilines is 1. The Labute approximate surface area is 138 Å². The Hall–Kier alpha value is -3.14. The van der Waals surface area contributed by atoms with E-state index in [1.165, 1.54) is 5.56 Å². The van der Waals surface area contributed by atoms with Gasteiger partial charge in [-0.05, 0) is 35.7 Å². The van der Waals surface area contributed by atoms with Crippen molar-refractivity contribution < 1.29 is 9.21 Å². The summed E-state index contributed by atoms with van der Waals surface area (Å²) >= 11 is 0. The van der Waals surface area contributed by atoms with Gasteiger partial charge in [-0.25, -0.2) is 4.79 Å². The van der Waals surface area contributed by atoms with E-state index in [4.69, 9.17) is 4.42 Å². The van der Waals surface area contributed by atoms with Crippen molar-refractivity contribution in [2.75, 3.05) is 5.32 Å². The molecule has 0 spiro atoms. The summed E-state index contributed by atoms with van der Waals surface area (Å²) in [6.07, 6.45) is 1.54. The van der Waals surface area contributed by atoms with Gasteiger partial charge in [-0.2, -0.15) is 0 Å². The Morgan fingerprint density at radius 2 is 1.67 bits per heavy atom. The first-order chi connectivity index (χ1) is 11.7. The first-order valence-corrected chi connectivity index (χ1v) is 7.84. The van der Waals surface area contributed by atoms with Gasteiger partial charge in [-0.3, -0.25) is 4.79 Å². The Kier molecular flexibility index (Phi) is 3.50. The average molecular weight is 317 g/mol. The van der Waals surface area contributed by atoms with Gasteiger partial charge in [-0.1, -0.05) is 42.5 Å². The molecule has 1 heterocycles. The second-order valence-corrected chi connectivity index (χ2v) is 5.76. The van der Waals surface area contributed by atoms with Crippen LogP contribution in [0.3, 0.4) is 0 Å². The Morgan fingerprint density at radius 1 is 0.917 bits per heavy atom. The third-order valence-corrected chi connectivity index (χ3v) is 4.24. The van der Waals surface area contributed by atoms with Crippen LogP contribution < -0.4 is 10.9 Å². The van der Waals surface area contributed by atoms with Crippen molar-refractivity contribution in [3.05, 3.63) is 88.0 Å². The summed E-state index contributed by atoms with van der Waals surface area (Å²) in [5.41, 5.74) is 3.29. The van der Waals surface area contributed by atoms with E-state index in [0.717, 1.165) is 17.5 Å². The molecule has 1 aliphatic rings. The molecule has 2 aromatic carbocycles. The van der Waals surface area contributed by atoms with Crippen LogP contribution in [0.25, 0.3) is 11.1 Å². The van der Waals surface area contributed by atoms with E-state index in [9.17, 15) is 9.59 Å². The molecule has 0 bridgehead atoms. The second kappa shape index (κ2) is 5.81. The van der Waals surface area contributed by atoms with Crippen molar-refractivity contribution in [1.29, 1.82) is 0 Å². The molecule has 3 aromatic rings. The molecular formula is C20H15NO3.